The fourth-order valence-electron chi connectivity index (χ4n) is 3.02. The predicted octanol–water partition coefficient (Wildman–Crippen LogP) is -0.166. The van der Waals surface area contributed by atoms with Crippen molar-refractivity contribution in [2.45, 2.75) is 24.8 Å². The van der Waals surface area contributed by atoms with Gasteiger partial charge in [0.2, 0.25) is 15.9 Å². The molecule has 0 aliphatic carbocycles. The molecule has 1 fully saturated rings. The van der Waals surface area contributed by atoms with Crippen molar-refractivity contribution in [3.63, 3.8) is 0 Å². The summed E-state index contributed by atoms with van der Waals surface area (Å²) in [4.78, 5) is 25.5. The lowest BCUT2D eigenvalue weighted by molar-refractivity contribution is -0.134. The van der Waals surface area contributed by atoms with Gasteiger partial charge in [-0.15, -0.1) is 0 Å². The summed E-state index contributed by atoms with van der Waals surface area (Å²) in [5.74, 6) is -0.0276. The Morgan fingerprint density at radius 2 is 1.89 bits per heavy atom. The fraction of sp³-hybridized carbons (Fsp3) is 0.529. The third-order valence-corrected chi connectivity index (χ3v) is 6.67. The minimum absolute atomic E-state index is 0.0205. The molecule has 0 bridgehead atoms. The molecular weight excluding hydrogens is 372 g/mol. The number of hydrogen-bond donors (Lipinski definition) is 2. The van der Waals surface area contributed by atoms with Crippen molar-refractivity contribution in [3.05, 3.63) is 18.2 Å². The molecule has 27 heavy (non-hydrogen) atoms. The number of nitrogens with zero attached hydrogens (tertiary/aromatic N) is 2. The summed E-state index contributed by atoms with van der Waals surface area (Å²) in [5, 5.41) is 2.61. The monoisotopic (exact) mass is 396 g/mol. The second kappa shape index (κ2) is 7.45. The number of sulfonamides is 1. The molecule has 0 radical (unpaired) electrons. The minimum atomic E-state index is -3.74. The van der Waals surface area contributed by atoms with E-state index in [1.165, 1.54) is 22.5 Å². The third kappa shape index (κ3) is 3.92. The van der Waals surface area contributed by atoms with Crippen LogP contribution in [0.3, 0.4) is 0 Å². The number of anilines is 1. The molecular formula is C17H24N4O5S. The van der Waals surface area contributed by atoms with Gasteiger partial charge in [0.1, 0.15) is 5.75 Å². The van der Waals surface area contributed by atoms with Crippen molar-refractivity contribution in [3.8, 4) is 5.75 Å². The molecule has 3 N–H and O–H groups in total. The Morgan fingerprint density at radius 1 is 1.22 bits per heavy atom. The van der Waals surface area contributed by atoms with Crippen LogP contribution in [0.5, 0.6) is 5.75 Å². The minimum Gasteiger partial charge on any atom is -0.482 e. The summed E-state index contributed by atoms with van der Waals surface area (Å²) in [6.07, 6.45) is 0. The van der Waals surface area contributed by atoms with Crippen LogP contribution in [-0.4, -0.2) is 68.3 Å². The highest BCUT2D eigenvalue weighted by atomic mass is 32.2. The van der Waals surface area contributed by atoms with E-state index < -0.39 is 16.1 Å². The standard InChI is InChI=1S/C17H24N4O5S/c1-11(2)16(18)17(23)20-5-7-21(8-6-20)27(24,25)12-3-4-14-13(9-12)19-15(22)10-26-14/h3-4,9,11,16H,5-8,10,18H2,1-2H3,(H,19,22)/t16-/m0/s1. The van der Waals surface area contributed by atoms with Gasteiger partial charge < -0.3 is 20.7 Å². The maximum Gasteiger partial charge on any atom is 0.262 e. The van der Waals surface area contributed by atoms with Gasteiger partial charge in [-0.05, 0) is 24.1 Å². The van der Waals surface area contributed by atoms with Gasteiger partial charge in [-0.1, -0.05) is 13.8 Å². The van der Waals surface area contributed by atoms with E-state index in [4.69, 9.17) is 10.5 Å². The first kappa shape index (κ1) is 19.6. The number of piperazine rings is 1. The van der Waals surface area contributed by atoms with Gasteiger partial charge in [0.15, 0.2) is 6.61 Å². The highest BCUT2D eigenvalue weighted by Gasteiger charge is 2.33. The summed E-state index contributed by atoms with van der Waals surface area (Å²) in [5.41, 5.74) is 6.25. The topological polar surface area (TPSA) is 122 Å². The van der Waals surface area contributed by atoms with Crippen molar-refractivity contribution in [2.24, 2.45) is 11.7 Å². The molecule has 10 heteroatoms. The van der Waals surface area contributed by atoms with Gasteiger partial charge in [-0.25, -0.2) is 8.42 Å². The second-order valence-electron chi connectivity index (χ2n) is 6.99. The Balaban J connectivity index is 1.71. The van der Waals surface area contributed by atoms with Gasteiger partial charge in [-0.2, -0.15) is 4.31 Å². The number of rotatable bonds is 4. The van der Waals surface area contributed by atoms with E-state index in [1.807, 2.05) is 13.8 Å². The number of benzene rings is 1. The summed E-state index contributed by atoms with van der Waals surface area (Å²) >= 11 is 0. The predicted molar refractivity (Wildman–Crippen MR) is 98.7 cm³/mol. The van der Waals surface area contributed by atoms with E-state index in [-0.39, 0.29) is 42.3 Å². The van der Waals surface area contributed by atoms with E-state index in [0.29, 0.717) is 24.5 Å². The number of nitrogens with one attached hydrogen (secondary N) is 1. The first-order chi connectivity index (χ1) is 12.7. The van der Waals surface area contributed by atoms with Gasteiger partial charge in [0.05, 0.1) is 16.6 Å². The highest BCUT2D eigenvalue weighted by molar-refractivity contribution is 7.89. The number of amides is 2. The molecule has 0 saturated carbocycles. The van der Waals surface area contributed by atoms with Crippen LogP contribution in [0.15, 0.2) is 23.1 Å². The first-order valence-electron chi connectivity index (χ1n) is 8.81. The van der Waals surface area contributed by atoms with Crippen LogP contribution in [0.25, 0.3) is 0 Å². The number of hydrogen-bond acceptors (Lipinski definition) is 6. The maximum atomic E-state index is 12.9. The van der Waals surface area contributed by atoms with Crippen LogP contribution in [0, 0.1) is 5.92 Å². The molecule has 0 spiro atoms. The average Bonchev–Trinajstić information content (AvgIpc) is 2.66. The fourth-order valence-corrected chi connectivity index (χ4v) is 4.47. The van der Waals surface area contributed by atoms with E-state index >= 15 is 0 Å². The zero-order valence-corrected chi connectivity index (χ0v) is 16.2. The molecule has 1 aromatic rings. The van der Waals surface area contributed by atoms with Gasteiger partial charge in [-0.3, -0.25) is 9.59 Å². The molecule has 2 heterocycles. The lowest BCUT2D eigenvalue weighted by Gasteiger charge is -2.35. The van der Waals surface area contributed by atoms with Crippen molar-refractivity contribution in [1.29, 1.82) is 0 Å². The Hall–Kier alpha value is -2.17. The lowest BCUT2D eigenvalue weighted by atomic mass is 10.0. The van der Waals surface area contributed by atoms with Crippen molar-refractivity contribution < 1.29 is 22.7 Å². The molecule has 2 aliphatic heterocycles. The largest absolute Gasteiger partial charge is 0.482 e. The third-order valence-electron chi connectivity index (χ3n) is 4.78. The maximum absolute atomic E-state index is 12.9. The summed E-state index contributed by atoms with van der Waals surface area (Å²) in [7, 11) is -3.74. The molecule has 1 saturated heterocycles. The SMILES string of the molecule is CC(C)[C@H](N)C(=O)N1CCN(S(=O)(=O)c2ccc3c(c2)NC(=O)CO3)CC1. The van der Waals surface area contributed by atoms with E-state index in [1.54, 1.807) is 4.90 Å². The van der Waals surface area contributed by atoms with Gasteiger partial charge >= 0.3 is 0 Å². The van der Waals surface area contributed by atoms with Crippen LogP contribution >= 0.6 is 0 Å². The molecule has 0 aromatic heterocycles. The van der Waals surface area contributed by atoms with Crippen LogP contribution in [-0.2, 0) is 19.6 Å². The Labute approximate surface area is 158 Å². The van der Waals surface area contributed by atoms with E-state index in [0.717, 1.165) is 0 Å². The summed E-state index contributed by atoms with van der Waals surface area (Å²) in [6.45, 7) is 4.64. The molecule has 2 amide bonds. The highest BCUT2D eigenvalue weighted by Crippen LogP contribution is 2.31. The Morgan fingerprint density at radius 3 is 2.52 bits per heavy atom. The van der Waals surface area contributed by atoms with Crippen molar-refractivity contribution in [2.75, 3.05) is 38.1 Å². The quantitative estimate of drug-likeness (QED) is 0.729. The number of carbonyl (C=O) groups is 2. The number of fused-ring (bicyclic) bond motifs is 1. The zero-order chi connectivity index (χ0) is 19.8. The summed E-state index contributed by atoms with van der Waals surface area (Å²) in [6, 6.07) is 3.80. The molecule has 0 unspecified atom stereocenters. The van der Waals surface area contributed by atoms with Crippen molar-refractivity contribution in [1.82, 2.24) is 9.21 Å². The van der Waals surface area contributed by atoms with E-state index in [2.05, 4.69) is 5.32 Å². The number of ether oxygens (including phenoxy) is 1. The molecule has 148 valence electrons. The number of carbonyl (C=O) groups excluding carboxylic acids is 2. The summed E-state index contributed by atoms with van der Waals surface area (Å²) < 4.78 is 32.4. The second-order valence-corrected chi connectivity index (χ2v) is 8.93. The van der Waals surface area contributed by atoms with Crippen LogP contribution in [0.1, 0.15) is 13.8 Å². The zero-order valence-electron chi connectivity index (χ0n) is 15.3. The van der Waals surface area contributed by atoms with E-state index in [9.17, 15) is 18.0 Å². The molecule has 1 aromatic carbocycles. The first-order valence-corrected chi connectivity index (χ1v) is 10.3. The number of nitrogens with two attached hydrogens (primary N) is 1. The molecule has 3 rings (SSSR count). The van der Waals surface area contributed by atoms with Crippen LogP contribution < -0.4 is 15.8 Å². The Bertz CT molecular complexity index is 847. The molecule has 9 nitrogen and oxygen atoms in total. The van der Waals surface area contributed by atoms with Crippen LogP contribution in [0.4, 0.5) is 5.69 Å². The van der Waals surface area contributed by atoms with Gasteiger partial charge in [0, 0.05) is 26.2 Å². The van der Waals surface area contributed by atoms with Crippen LogP contribution in [0.2, 0.25) is 0 Å². The van der Waals surface area contributed by atoms with Gasteiger partial charge in [0.25, 0.3) is 5.91 Å². The lowest BCUT2D eigenvalue weighted by Crippen LogP contribution is -2.55. The molecule has 2 aliphatic rings. The average molecular weight is 396 g/mol. The smallest absolute Gasteiger partial charge is 0.262 e. The normalized spacial score (nSPS) is 19.3. The molecule has 1 atom stereocenters. The van der Waals surface area contributed by atoms with Crippen molar-refractivity contribution >= 4 is 27.5 Å². The Kier molecular flexibility index (Phi) is 5.41.